The van der Waals surface area contributed by atoms with Crippen LogP contribution in [0.2, 0.25) is 0 Å². The summed E-state index contributed by atoms with van der Waals surface area (Å²) in [7, 11) is 1.84. The van der Waals surface area contributed by atoms with E-state index in [0.29, 0.717) is 31.5 Å². The van der Waals surface area contributed by atoms with Gasteiger partial charge in [0.1, 0.15) is 0 Å². The molecule has 2 amide bonds. The molecule has 0 aliphatic carbocycles. The summed E-state index contributed by atoms with van der Waals surface area (Å²) in [6.45, 7) is 4.30. The van der Waals surface area contributed by atoms with Gasteiger partial charge in [-0.15, -0.1) is 0 Å². The third kappa shape index (κ3) is 5.56. The third-order valence-electron chi connectivity index (χ3n) is 4.81. The molecule has 1 aromatic heterocycles. The molecule has 0 saturated carbocycles. The fourth-order valence-electron chi connectivity index (χ4n) is 3.23. The van der Waals surface area contributed by atoms with E-state index < -0.39 is 0 Å². The fraction of sp³-hybridized carbons (Fsp3) is 0.429. The van der Waals surface area contributed by atoms with Crippen molar-refractivity contribution in [2.45, 2.75) is 19.4 Å². The number of para-hydroxylation sites is 1. The van der Waals surface area contributed by atoms with E-state index in [1.165, 1.54) is 17.0 Å². The zero-order valence-electron chi connectivity index (χ0n) is 16.2. The fourth-order valence-corrected chi connectivity index (χ4v) is 3.87. The molecule has 1 N–H and O–H groups in total. The highest BCUT2D eigenvalue weighted by Gasteiger charge is 2.17. The van der Waals surface area contributed by atoms with Gasteiger partial charge in [-0.2, -0.15) is 11.3 Å². The molecule has 1 aromatic carbocycles. The molecule has 0 bridgehead atoms. The lowest BCUT2D eigenvalue weighted by molar-refractivity contribution is -0.130. The highest BCUT2D eigenvalue weighted by Crippen LogP contribution is 2.23. The van der Waals surface area contributed by atoms with Crippen LogP contribution < -0.4 is 10.2 Å². The Morgan fingerprint density at radius 2 is 2.00 bits per heavy atom. The second-order valence-corrected chi connectivity index (χ2v) is 7.63. The molecule has 150 valence electrons. The van der Waals surface area contributed by atoms with Crippen LogP contribution in [0.15, 0.2) is 41.1 Å². The number of rotatable bonds is 8. The lowest BCUT2D eigenvalue weighted by Crippen LogP contribution is -2.37. The van der Waals surface area contributed by atoms with Crippen LogP contribution >= 0.6 is 11.3 Å². The van der Waals surface area contributed by atoms with Crippen LogP contribution in [0, 0.1) is 0 Å². The van der Waals surface area contributed by atoms with Crippen molar-refractivity contribution >= 4 is 28.8 Å². The van der Waals surface area contributed by atoms with Gasteiger partial charge in [0.2, 0.25) is 5.91 Å². The monoisotopic (exact) mass is 401 g/mol. The number of benzene rings is 1. The molecule has 1 aliphatic heterocycles. The van der Waals surface area contributed by atoms with Gasteiger partial charge in [0, 0.05) is 56.3 Å². The lowest BCUT2D eigenvalue weighted by atomic mass is 10.1. The number of anilines is 1. The summed E-state index contributed by atoms with van der Waals surface area (Å²) in [5.41, 5.74) is 2.99. The quantitative estimate of drug-likeness (QED) is 0.691. The van der Waals surface area contributed by atoms with E-state index in [0.717, 1.165) is 31.9 Å². The third-order valence-corrected chi connectivity index (χ3v) is 5.50. The minimum atomic E-state index is -0.0820. The van der Waals surface area contributed by atoms with Crippen molar-refractivity contribution < 1.29 is 14.3 Å². The molecule has 0 unspecified atom stereocenters. The number of morpholine rings is 1. The van der Waals surface area contributed by atoms with Crippen molar-refractivity contribution in [1.82, 2.24) is 10.2 Å². The van der Waals surface area contributed by atoms with Crippen LogP contribution in [0.4, 0.5) is 5.69 Å². The minimum absolute atomic E-state index is 0.0820. The molecule has 1 saturated heterocycles. The van der Waals surface area contributed by atoms with Crippen LogP contribution in [0.25, 0.3) is 0 Å². The summed E-state index contributed by atoms with van der Waals surface area (Å²) in [6, 6.07) is 10.0. The van der Waals surface area contributed by atoms with E-state index in [4.69, 9.17) is 4.74 Å². The number of carbonyl (C=O) groups excluding carboxylic acids is 2. The van der Waals surface area contributed by atoms with Crippen LogP contribution in [-0.4, -0.2) is 56.6 Å². The number of ether oxygens (including phenoxy) is 1. The molecule has 0 spiro atoms. The summed E-state index contributed by atoms with van der Waals surface area (Å²) in [5.74, 6) is 0.00283. The SMILES string of the molecule is CN(Cc1ccccc1N1CCOCC1)C(=O)CCCNC(=O)c1ccsc1. The summed E-state index contributed by atoms with van der Waals surface area (Å²) < 4.78 is 5.44. The summed E-state index contributed by atoms with van der Waals surface area (Å²) in [4.78, 5) is 28.5. The molecule has 3 rings (SSSR count). The van der Waals surface area contributed by atoms with Crippen molar-refractivity contribution in [3.05, 3.63) is 52.2 Å². The molecule has 2 aromatic rings. The summed E-state index contributed by atoms with van der Waals surface area (Å²) in [5, 5.41) is 6.56. The number of nitrogens with one attached hydrogen (secondary N) is 1. The number of hydrogen-bond donors (Lipinski definition) is 1. The molecule has 1 aliphatic rings. The molecule has 2 heterocycles. The first-order valence-corrected chi connectivity index (χ1v) is 10.5. The second-order valence-electron chi connectivity index (χ2n) is 6.85. The Bertz CT molecular complexity index is 773. The maximum absolute atomic E-state index is 12.5. The van der Waals surface area contributed by atoms with E-state index in [1.807, 2.05) is 29.9 Å². The Hall–Kier alpha value is -2.38. The maximum atomic E-state index is 12.5. The molecular formula is C21H27N3O3S. The predicted molar refractivity (Wildman–Crippen MR) is 112 cm³/mol. The van der Waals surface area contributed by atoms with Crippen molar-refractivity contribution in [3.8, 4) is 0 Å². The van der Waals surface area contributed by atoms with Crippen molar-refractivity contribution in [2.75, 3.05) is 44.8 Å². The van der Waals surface area contributed by atoms with E-state index in [1.54, 1.807) is 11.0 Å². The van der Waals surface area contributed by atoms with Crippen molar-refractivity contribution in [3.63, 3.8) is 0 Å². The Balaban J connectivity index is 1.46. The minimum Gasteiger partial charge on any atom is -0.378 e. The Morgan fingerprint density at radius 3 is 2.75 bits per heavy atom. The molecule has 0 radical (unpaired) electrons. The van der Waals surface area contributed by atoms with Gasteiger partial charge in [0.05, 0.1) is 13.2 Å². The number of thiophene rings is 1. The molecule has 1 fully saturated rings. The average molecular weight is 402 g/mol. The first-order valence-electron chi connectivity index (χ1n) is 9.60. The molecule has 28 heavy (non-hydrogen) atoms. The van der Waals surface area contributed by atoms with Gasteiger partial charge < -0.3 is 19.9 Å². The van der Waals surface area contributed by atoms with Crippen LogP contribution in [0.3, 0.4) is 0 Å². The topological polar surface area (TPSA) is 61.9 Å². The Morgan fingerprint density at radius 1 is 1.21 bits per heavy atom. The highest BCUT2D eigenvalue weighted by atomic mass is 32.1. The zero-order chi connectivity index (χ0) is 19.8. The van der Waals surface area contributed by atoms with Gasteiger partial charge in [0.15, 0.2) is 0 Å². The number of carbonyl (C=O) groups is 2. The predicted octanol–water partition coefficient (Wildman–Crippen LogP) is 2.75. The van der Waals surface area contributed by atoms with Gasteiger partial charge in [-0.1, -0.05) is 18.2 Å². The zero-order valence-corrected chi connectivity index (χ0v) is 17.0. The number of nitrogens with zero attached hydrogens (tertiary/aromatic N) is 2. The second kappa shape index (κ2) is 10.2. The highest BCUT2D eigenvalue weighted by molar-refractivity contribution is 7.08. The van der Waals surface area contributed by atoms with Gasteiger partial charge in [-0.3, -0.25) is 9.59 Å². The molecule has 7 heteroatoms. The Labute approximate surface area is 170 Å². The Kier molecular flexibility index (Phi) is 7.45. The molecule has 0 atom stereocenters. The van der Waals surface area contributed by atoms with Gasteiger partial charge in [0.25, 0.3) is 5.91 Å². The van der Waals surface area contributed by atoms with Crippen LogP contribution in [-0.2, 0) is 16.1 Å². The summed E-state index contributed by atoms with van der Waals surface area (Å²) in [6.07, 6.45) is 1.05. The first-order chi connectivity index (χ1) is 13.6. The standard InChI is InChI=1S/C21H27N3O3S/c1-23(20(25)7-4-9-22-21(26)18-8-14-28-16-18)15-17-5-2-3-6-19(17)24-10-12-27-13-11-24/h2-3,5-6,8,14,16H,4,7,9-13,15H2,1H3,(H,22,26). The normalized spacial score (nSPS) is 14.0. The molecular weight excluding hydrogens is 374 g/mol. The molecule has 6 nitrogen and oxygen atoms in total. The van der Waals surface area contributed by atoms with E-state index >= 15 is 0 Å². The number of hydrogen-bond acceptors (Lipinski definition) is 5. The maximum Gasteiger partial charge on any atom is 0.252 e. The first kappa shape index (κ1) is 20.4. The number of amides is 2. The van der Waals surface area contributed by atoms with Crippen LogP contribution in [0.1, 0.15) is 28.8 Å². The van der Waals surface area contributed by atoms with Crippen LogP contribution in [0.5, 0.6) is 0 Å². The van der Waals surface area contributed by atoms with E-state index in [-0.39, 0.29) is 11.8 Å². The summed E-state index contributed by atoms with van der Waals surface area (Å²) >= 11 is 1.50. The van der Waals surface area contributed by atoms with Crippen molar-refractivity contribution in [2.24, 2.45) is 0 Å². The van der Waals surface area contributed by atoms with E-state index in [9.17, 15) is 9.59 Å². The van der Waals surface area contributed by atoms with Gasteiger partial charge >= 0.3 is 0 Å². The lowest BCUT2D eigenvalue weighted by Gasteiger charge is -2.31. The van der Waals surface area contributed by atoms with Crippen molar-refractivity contribution in [1.29, 1.82) is 0 Å². The van der Waals surface area contributed by atoms with Gasteiger partial charge in [-0.25, -0.2) is 0 Å². The van der Waals surface area contributed by atoms with Gasteiger partial charge in [-0.05, 0) is 29.5 Å². The smallest absolute Gasteiger partial charge is 0.252 e. The largest absolute Gasteiger partial charge is 0.378 e. The van der Waals surface area contributed by atoms with E-state index in [2.05, 4.69) is 22.3 Å². The average Bonchev–Trinajstić information content (AvgIpc) is 3.27.